The molecule has 0 aromatic rings. The van der Waals surface area contributed by atoms with Gasteiger partial charge in [0.05, 0.1) is 0 Å². The number of hydrogen-bond acceptors (Lipinski definition) is 0. The molecule has 0 radical (unpaired) electrons. The van der Waals surface area contributed by atoms with E-state index in [9.17, 15) is 0 Å². The lowest BCUT2D eigenvalue weighted by Gasteiger charge is -1.96. The summed E-state index contributed by atoms with van der Waals surface area (Å²) in [6, 6.07) is 0. The maximum atomic E-state index is 2.24. The van der Waals surface area contributed by atoms with Crippen molar-refractivity contribution in [1.29, 1.82) is 0 Å². The van der Waals surface area contributed by atoms with E-state index in [4.69, 9.17) is 0 Å². The van der Waals surface area contributed by atoms with E-state index >= 15 is 0 Å². The molecule has 0 aliphatic carbocycles. The first-order valence-electron chi connectivity index (χ1n) is 4.14. The summed E-state index contributed by atoms with van der Waals surface area (Å²) in [5.41, 5.74) is 0. The van der Waals surface area contributed by atoms with Gasteiger partial charge in [-0.1, -0.05) is 51.5 Å². The van der Waals surface area contributed by atoms with Crippen LogP contribution in [0.25, 0.3) is 0 Å². The summed E-state index contributed by atoms with van der Waals surface area (Å²) in [4.78, 5) is 0. The van der Waals surface area contributed by atoms with Crippen molar-refractivity contribution in [2.24, 2.45) is 5.92 Å². The fraction of sp³-hybridized carbons (Fsp3) is 0.600. The van der Waals surface area contributed by atoms with Crippen molar-refractivity contribution in [2.75, 3.05) is 0 Å². The average Bonchev–Trinajstić information content (AvgIpc) is 1.98. The Hall–Kier alpha value is -0.520. The van der Waals surface area contributed by atoms with Crippen LogP contribution in [-0.4, -0.2) is 0 Å². The molecule has 0 saturated heterocycles. The van der Waals surface area contributed by atoms with Gasteiger partial charge >= 0.3 is 0 Å². The SMILES string of the molecule is CC/C=C\C=C/C(C)CC. The van der Waals surface area contributed by atoms with Gasteiger partial charge in [-0.05, 0) is 12.3 Å². The Bertz CT molecular complexity index is 109. The van der Waals surface area contributed by atoms with Gasteiger partial charge in [-0.3, -0.25) is 0 Å². The Balaban J connectivity index is 3.44. The van der Waals surface area contributed by atoms with Crippen molar-refractivity contribution in [3.8, 4) is 0 Å². The van der Waals surface area contributed by atoms with Crippen LogP contribution in [0.4, 0.5) is 0 Å². The Morgan fingerprint density at radius 3 is 2.40 bits per heavy atom. The summed E-state index contributed by atoms with van der Waals surface area (Å²) < 4.78 is 0. The van der Waals surface area contributed by atoms with Crippen LogP contribution >= 0.6 is 0 Å². The van der Waals surface area contributed by atoms with Crippen LogP contribution in [0.5, 0.6) is 0 Å². The van der Waals surface area contributed by atoms with E-state index in [-0.39, 0.29) is 0 Å². The minimum Gasteiger partial charge on any atom is -0.0848 e. The Morgan fingerprint density at radius 1 is 1.20 bits per heavy atom. The molecule has 0 N–H and O–H groups in total. The van der Waals surface area contributed by atoms with Crippen molar-refractivity contribution >= 4 is 0 Å². The van der Waals surface area contributed by atoms with Crippen LogP contribution in [0.1, 0.15) is 33.6 Å². The minimum absolute atomic E-state index is 0.724. The van der Waals surface area contributed by atoms with Crippen LogP contribution in [0.2, 0.25) is 0 Å². The summed E-state index contributed by atoms with van der Waals surface area (Å²) in [6.45, 7) is 6.59. The van der Waals surface area contributed by atoms with Gasteiger partial charge in [0.1, 0.15) is 0 Å². The van der Waals surface area contributed by atoms with Crippen LogP contribution in [0.15, 0.2) is 24.3 Å². The maximum absolute atomic E-state index is 2.24. The van der Waals surface area contributed by atoms with E-state index in [1.54, 1.807) is 0 Å². The summed E-state index contributed by atoms with van der Waals surface area (Å²) in [6.07, 6.45) is 11.0. The molecular weight excluding hydrogens is 120 g/mol. The summed E-state index contributed by atoms with van der Waals surface area (Å²) >= 11 is 0. The normalized spacial score (nSPS) is 15.1. The molecule has 10 heavy (non-hydrogen) atoms. The van der Waals surface area contributed by atoms with Gasteiger partial charge in [-0.2, -0.15) is 0 Å². The van der Waals surface area contributed by atoms with Gasteiger partial charge in [0.2, 0.25) is 0 Å². The van der Waals surface area contributed by atoms with Crippen molar-refractivity contribution in [1.82, 2.24) is 0 Å². The number of allylic oxidation sites excluding steroid dienone is 4. The first-order chi connectivity index (χ1) is 4.81. The molecule has 0 heterocycles. The molecule has 0 bridgehead atoms. The third kappa shape index (κ3) is 5.61. The fourth-order valence-electron chi connectivity index (χ4n) is 0.605. The molecule has 0 aliphatic heterocycles. The second-order valence-electron chi connectivity index (χ2n) is 2.61. The molecule has 58 valence electrons. The highest BCUT2D eigenvalue weighted by Crippen LogP contribution is 2.01. The zero-order valence-corrected chi connectivity index (χ0v) is 7.30. The standard InChI is InChI=1S/C10H18/c1-4-6-7-8-9-10(3)5-2/h6-10H,4-5H2,1-3H3/b7-6-,9-8-. The van der Waals surface area contributed by atoms with Gasteiger partial charge in [0.15, 0.2) is 0 Å². The molecule has 0 saturated carbocycles. The highest BCUT2D eigenvalue weighted by molar-refractivity contribution is 5.03. The Labute approximate surface area is 64.6 Å². The molecule has 0 aromatic carbocycles. The molecule has 0 aliphatic rings. The quantitative estimate of drug-likeness (QED) is 0.521. The van der Waals surface area contributed by atoms with Gasteiger partial charge < -0.3 is 0 Å². The van der Waals surface area contributed by atoms with Crippen molar-refractivity contribution in [2.45, 2.75) is 33.6 Å². The largest absolute Gasteiger partial charge is 0.0848 e. The molecule has 0 spiro atoms. The predicted molar refractivity (Wildman–Crippen MR) is 48.0 cm³/mol. The van der Waals surface area contributed by atoms with Gasteiger partial charge in [0, 0.05) is 0 Å². The van der Waals surface area contributed by atoms with E-state index in [1.165, 1.54) is 6.42 Å². The number of rotatable bonds is 4. The fourth-order valence-corrected chi connectivity index (χ4v) is 0.605. The van der Waals surface area contributed by atoms with E-state index in [1.807, 2.05) is 0 Å². The van der Waals surface area contributed by atoms with Gasteiger partial charge in [-0.15, -0.1) is 0 Å². The summed E-state index contributed by atoms with van der Waals surface area (Å²) in [5.74, 6) is 0.724. The minimum atomic E-state index is 0.724. The monoisotopic (exact) mass is 138 g/mol. The lowest BCUT2D eigenvalue weighted by Crippen LogP contribution is -1.82. The highest BCUT2D eigenvalue weighted by atomic mass is 13.9. The molecule has 0 amide bonds. The summed E-state index contributed by atoms with van der Waals surface area (Å²) in [7, 11) is 0. The smallest absolute Gasteiger partial charge is 0.0261 e. The molecule has 0 nitrogen and oxygen atoms in total. The van der Waals surface area contributed by atoms with Crippen molar-refractivity contribution < 1.29 is 0 Å². The zero-order valence-electron chi connectivity index (χ0n) is 7.30. The number of hydrogen-bond donors (Lipinski definition) is 0. The van der Waals surface area contributed by atoms with Crippen LogP contribution in [0.3, 0.4) is 0 Å². The van der Waals surface area contributed by atoms with E-state index in [0.29, 0.717) is 0 Å². The third-order valence-corrected chi connectivity index (χ3v) is 1.57. The van der Waals surface area contributed by atoms with E-state index in [2.05, 4.69) is 45.1 Å². The molecule has 0 heteroatoms. The van der Waals surface area contributed by atoms with Crippen LogP contribution in [0, 0.1) is 5.92 Å². The van der Waals surface area contributed by atoms with Crippen molar-refractivity contribution in [3.63, 3.8) is 0 Å². The highest BCUT2D eigenvalue weighted by Gasteiger charge is 1.86. The second-order valence-corrected chi connectivity index (χ2v) is 2.61. The topological polar surface area (TPSA) is 0 Å². The molecule has 0 fully saturated rings. The lowest BCUT2D eigenvalue weighted by atomic mass is 10.1. The third-order valence-electron chi connectivity index (χ3n) is 1.57. The van der Waals surface area contributed by atoms with E-state index < -0.39 is 0 Å². The van der Waals surface area contributed by atoms with Crippen LogP contribution < -0.4 is 0 Å². The maximum Gasteiger partial charge on any atom is -0.0261 e. The lowest BCUT2D eigenvalue weighted by molar-refractivity contribution is 0.698. The predicted octanol–water partition coefficient (Wildman–Crippen LogP) is 3.55. The summed E-state index contributed by atoms with van der Waals surface area (Å²) in [5, 5.41) is 0. The first kappa shape index (κ1) is 9.48. The molecular formula is C10H18. The van der Waals surface area contributed by atoms with Gasteiger partial charge in [0.25, 0.3) is 0 Å². The van der Waals surface area contributed by atoms with E-state index in [0.717, 1.165) is 12.3 Å². The first-order valence-corrected chi connectivity index (χ1v) is 4.14. The Kier molecular flexibility index (Phi) is 6.25. The van der Waals surface area contributed by atoms with Crippen molar-refractivity contribution in [3.05, 3.63) is 24.3 Å². The van der Waals surface area contributed by atoms with Crippen LogP contribution in [-0.2, 0) is 0 Å². The molecule has 0 rings (SSSR count). The van der Waals surface area contributed by atoms with Gasteiger partial charge in [-0.25, -0.2) is 0 Å². The zero-order chi connectivity index (χ0) is 7.82. The average molecular weight is 138 g/mol. The second kappa shape index (κ2) is 6.60. The molecule has 1 atom stereocenters. The molecule has 0 aromatic heterocycles. The Morgan fingerprint density at radius 2 is 1.90 bits per heavy atom. The molecule has 1 unspecified atom stereocenters.